The van der Waals surface area contributed by atoms with Crippen LogP contribution in [-0.4, -0.2) is 32.4 Å². The molecule has 0 saturated heterocycles. The van der Waals surface area contributed by atoms with Gasteiger partial charge in [-0.1, -0.05) is 18.2 Å². The minimum Gasteiger partial charge on any atom is -0.497 e. The Hall–Kier alpha value is -1.77. The number of ether oxygens (including phenoxy) is 1. The summed E-state index contributed by atoms with van der Waals surface area (Å²) in [4.78, 5) is 1.87. The Morgan fingerprint density at radius 2 is 1.52 bits per heavy atom. The maximum absolute atomic E-state index is 13.3. The fourth-order valence-corrected chi connectivity index (χ4v) is 4.16. The topological polar surface area (TPSA) is 38.8 Å². The molecule has 0 aliphatic rings. The van der Waals surface area contributed by atoms with Gasteiger partial charge in [-0.05, 0) is 50.5 Å². The van der Waals surface area contributed by atoms with E-state index in [0.717, 1.165) is 11.1 Å². The fraction of sp³-hybridized carbons (Fsp3) is 0.250. The van der Waals surface area contributed by atoms with Crippen LogP contribution in [-0.2, 0) is 4.57 Å². The van der Waals surface area contributed by atoms with E-state index >= 15 is 0 Å². The van der Waals surface area contributed by atoms with Crippen molar-refractivity contribution in [3.63, 3.8) is 0 Å². The normalized spacial score (nSPS) is 13.7. The molecule has 0 aliphatic carbocycles. The molecule has 0 saturated carbocycles. The molecule has 4 nitrogen and oxygen atoms in total. The van der Waals surface area contributed by atoms with Gasteiger partial charge in [-0.3, -0.25) is 9.46 Å². The Morgan fingerprint density at radius 3 is 2.05 bits per heavy atom. The summed E-state index contributed by atoms with van der Waals surface area (Å²) >= 11 is 0. The quantitative estimate of drug-likeness (QED) is 0.768. The number of hydrogen-bond donors (Lipinski definition) is 0. The number of nitrogens with zero attached hydrogens (tertiary/aromatic N) is 1. The number of benzene rings is 2. The van der Waals surface area contributed by atoms with Crippen LogP contribution in [0.4, 0.5) is 0 Å². The number of methoxy groups -OCH3 is 1. The van der Waals surface area contributed by atoms with Crippen LogP contribution >= 0.6 is 7.37 Å². The predicted molar refractivity (Wildman–Crippen MR) is 85.9 cm³/mol. The van der Waals surface area contributed by atoms with Crippen LogP contribution in [0.2, 0.25) is 0 Å². The summed E-state index contributed by atoms with van der Waals surface area (Å²) in [5, 5.41) is 0.717. The molecule has 0 amide bonds. The molecule has 112 valence electrons. The van der Waals surface area contributed by atoms with Crippen molar-refractivity contribution in [3.8, 4) is 11.5 Å². The van der Waals surface area contributed by atoms with Crippen molar-refractivity contribution in [3.05, 3.63) is 54.6 Å². The first-order valence-corrected chi connectivity index (χ1v) is 8.47. The Balaban J connectivity index is 2.30. The van der Waals surface area contributed by atoms with Gasteiger partial charge in [0, 0.05) is 5.30 Å². The Kier molecular flexibility index (Phi) is 5.05. The molecule has 0 radical (unpaired) electrons. The summed E-state index contributed by atoms with van der Waals surface area (Å²) in [6.07, 6.45) is 0.350. The van der Waals surface area contributed by atoms with Crippen molar-refractivity contribution in [1.82, 2.24) is 4.90 Å². The zero-order chi connectivity index (χ0) is 15.3. The van der Waals surface area contributed by atoms with Gasteiger partial charge in [0.1, 0.15) is 11.5 Å². The predicted octanol–water partition coefficient (Wildman–Crippen LogP) is 3.20. The van der Waals surface area contributed by atoms with Gasteiger partial charge in [0.25, 0.3) is 7.37 Å². The van der Waals surface area contributed by atoms with Crippen molar-refractivity contribution in [2.75, 3.05) is 27.5 Å². The third kappa shape index (κ3) is 4.10. The van der Waals surface area contributed by atoms with E-state index in [1.807, 2.05) is 49.3 Å². The van der Waals surface area contributed by atoms with Gasteiger partial charge in [-0.25, -0.2) is 0 Å². The highest BCUT2D eigenvalue weighted by atomic mass is 31.2. The lowest BCUT2D eigenvalue weighted by atomic mass is 10.3. The summed E-state index contributed by atoms with van der Waals surface area (Å²) in [6, 6.07) is 16.4. The van der Waals surface area contributed by atoms with Crippen molar-refractivity contribution in [1.29, 1.82) is 0 Å². The number of hydrogen-bond acceptors (Lipinski definition) is 4. The lowest BCUT2D eigenvalue weighted by molar-refractivity contribution is 0.412. The highest BCUT2D eigenvalue weighted by Crippen LogP contribution is 2.46. The molecule has 0 aromatic heterocycles. The van der Waals surface area contributed by atoms with E-state index in [2.05, 4.69) is 0 Å². The van der Waals surface area contributed by atoms with E-state index in [-0.39, 0.29) is 0 Å². The molecular weight excluding hydrogens is 285 g/mol. The van der Waals surface area contributed by atoms with E-state index < -0.39 is 7.37 Å². The Morgan fingerprint density at radius 1 is 0.952 bits per heavy atom. The van der Waals surface area contributed by atoms with Crippen LogP contribution < -0.4 is 14.6 Å². The smallest absolute Gasteiger partial charge is 0.290 e. The second-order valence-corrected chi connectivity index (χ2v) is 7.33. The molecule has 0 aliphatic heterocycles. The summed E-state index contributed by atoms with van der Waals surface area (Å²) in [5.74, 6) is 1.31. The maximum Gasteiger partial charge on any atom is 0.290 e. The van der Waals surface area contributed by atoms with E-state index in [4.69, 9.17) is 9.26 Å². The van der Waals surface area contributed by atoms with Crippen LogP contribution in [0.15, 0.2) is 54.6 Å². The molecular formula is C16H20NO3P. The third-order valence-electron chi connectivity index (χ3n) is 2.93. The summed E-state index contributed by atoms with van der Waals surface area (Å²) in [7, 11) is 2.38. The molecule has 2 rings (SSSR count). The third-order valence-corrected chi connectivity index (χ3v) is 5.46. The van der Waals surface area contributed by atoms with Gasteiger partial charge in [0.15, 0.2) is 0 Å². The molecule has 2 aromatic rings. The van der Waals surface area contributed by atoms with Crippen LogP contribution in [0, 0.1) is 0 Å². The first-order chi connectivity index (χ1) is 10.0. The minimum atomic E-state index is -2.99. The van der Waals surface area contributed by atoms with Gasteiger partial charge >= 0.3 is 0 Å². The van der Waals surface area contributed by atoms with E-state index in [0.29, 0.717) is 12.0 Å². The highest BCUT2D eigenvalue weighted by Gasteiger charge is 2.28. The molecule has 21 heavy (non-hydrogen) atoms. The average molecular weight is 305 g/mol. The maximum atomic E-state index is 13.3. The fourth-order valence-electron chi connectivity index (χ4n) is 2.00. The molecule has 1 atom stereocenters. The lowest BCUT2D eigenvalue weighted by Gasteiger charge is -2.23. The van der Waals surface area contributed by atoms with Crippen molar-refractivity contribution in [2.24, 2.45) is 0 Å². The summed E-state index contributed by atoms with van der Waals surface area (Å²) in [5.41, 5.74) is 0. The van der Waals surface area contributed by atoms with Crippen LogP contribution in [0.3, 0.4) is 0 Å². The zero-order valence-corrected chi connectivity index (χ0v) is 13.4. The van der Waals surface area contributed by atoms with E-state index in [9.17, 15) is 4.57 Å². The lowest BCUT2D eigenvalue weighted by Crippen LogP contribution is -2.22. The van der Waals surface area contributed by atoms with Crippen LogP contribution in [0.5, 0.6) is 11.5 Å². The van der Waals surface area contributed by atoms with Crippen LogP contribution in [0.25, 0.3) is 0 Å². The molecule has 2 aromatic carbocycles. The second-order valence-electron chi connectivity index (χ2n) is 5.00. The second kappa shape index (κ2) is 6.79. The Bertz CT molecular complexity index is 611. The molecule has 0 bridgehead atoms. The zero-order valence-electron chi connectivity index (χ0n) is 12.5. The summed E-state index contributed by atoms with van der Waals surface area (Å²) < 4.78 is 24.2. The minimum absolute atomic E-state index is 0.350. The first-order valence-electron chi connectivity index (χ1n) is 6.66. The van der Waals surface area contributed by atoms with Crippen molar-refractivity contribution in [2.45, 2.75) is 0 Å². The largest absolute Gasteiger partial charge is 0.497 e. The highest BCUT2D eigenvalue weighted by molar-refractivity contribution is 7.67. The Labute approximate surface area is 125 Å². The van der Waals surface area contributed by atoms with Gasteiger partial charge in [0.05, 0.1) is 13.4 Å². The van der Waals surface area contributed by atoms with Gasteiger partial charge in [-0.2, -0.15) is 0 Å². The number of rotatable bonds is 6. The standard InChI is InChI=1S/C16H20NO3P/c1-17(2)13-21(18,16-7-5-4-6-8-16)20-15-11-9-14(19-3)10-12-15/h4-12H,13H2,1-3H3. The van der Waals surface area contributed by atoms with Gasteiger partial charge in [-0.15, -0.1) is 0 Å². The average Bonchev–Trinajstić information content (AvgIpc) is 2.48. The molecule has 5 heteroatoms. The van der Waals surface area contributed by atoms with E-state index in [1.165, 1.54) is 0 Å². The molecule has 0 spiro atoms. The van der Waals surface area contributed by atoms with Crippen molar-refractivity contribution >= 4 is 12.7 Å². The SMILES string of the molecule is COc1ccc(OP(=O)(CN(C)C)c2ccccc2)cc1. The molecule has 0 fully saturated rings. The summed E-state index contributed by atoms with van der Waals surface area (Å²) in [6.45, 7) is 0. The molecule has 1 unspecified atom stereocenters. The van der Waals surface area contributed by atoms with Gasteiger partial charge in [0.2, 0.25) is 0 Å². The van der Waals surface area contributed by atoms with Gasteiger partial charge < -0.3 is 9.26 Å². The van der Waals surface area contributed by atoms with Crippen LogP contribution in [0.1, 0.15) is 0 Å². The van der Waals surface area contributed by atoms with E-state index in [1.54, 1.807) is 31.4 Å². The first kappa shape index (κ1) is 15.6. The van der Waals surface area contributed by atoms with Crippen molar-refractivity contribution < 1.29 is 13.8 Å². The molecule has 0 heterocycles. The monoisotopic (exact) mass is 305 g/mol. The molecule has 0 N–H and O–H groups in total.